The monoisotopic (exact) mass is 399 g/mol. The molecule has 4 heteroatoms. The van der Waals surface area contributed by atoms with Crippen LogP contribution < -0.4 is 14.8 Å². The number of hydrogen-bond donors (Lipinski definition) is 3. The van der Waals surface area contributed by atoms with Gasteiger partial charge in [-0.3, -0.25) is 0 Å². The van der Waals surface area contributed by atoms with Crippen molar-refractivity contribution in [3.05, 3.63) is 102 Å². The molecule has 4 nitrogen and oxygen atoms in total. The highest BCUT2D eigenvalue weighted by molar-refractivity contribution is 5.85. The van der Waals surface area contributed by atoms with Gasteiger partial charge in [0.1, 0.15) is 38.8 Å². The summed E-state index contributed by atoms with van der Waals surface area (Å²) in [7, 11) is 0. The van der Waals surface area contributed by atoms with E-state index >= 15 is 0 Å². The second kappa shape index (κ2) is 8.42. The fourth-order valence-corrected chi connectivity index (χ4v) is 5.14. The summed E-state index contributed by atoms with van der Waals surface area (Å²) in [6.45, 7) is 8.13. The third-order valence-corrected chi connectivity index (χ3v) is 6.60. The zero-order valence-corrected chi connectivity index (χ0v) is 17.6. The van der Waals surface area contributed by atoms with Gasteiger partial charge in [-0.1, -0.05) is 48.5 Å². The van der Waals surface area contributed by atoms with Crippen molar-refractivity contribution in [2.24, 2.45) is 0 Å². The molecule has 4 N–H and O–H groups in total. The summed E-state index contributed by atoms with van der Waals surface area (Å²) < 4.78 is 0. The summed E-state index contributed by atoms with van der Waals surface area (Å²) in [4.78, 5) is 10.3. The van der Waals surface area contributed by atoms with Crippen LogP contribution in [0.1, 0.15) is 28.4 Å². The van der Waals surface area contributed by atoms with Gasteiger partial charge in [0.2, 0.25) is 0 Å². The molecule has 2 aromatic carbocycles. The van der Waals surface area contributed by atoms with E-state index in [0.29, 0.717) is 6.04 Å². The van der Waals surface area contributed by atoms with Gasteiger partial charge in [0.15, 0.2) is 12.4 Å². The van der Waals surface area contributed by atoms with E-state index in [1.165, 1.54) is 59.5 Å². The van der Waals surface area contributed by atoms with Crippen molar-refractivity contribution in [1.82, 2.24) is 4.98 Å². The van der Waals surface area contributed by atoms with Crippen molar-refractivity contribution in [2.75, 3.05) is 26.2 Å². The maximum absolute atomic E-state index is 3.63. The number of aromatic nitrogens is 2. The number of piperazine rings is 1. The Morgan fingerprint density at radius 1 is 0.900 bits per heavy atom. The largest absolute Gasteiger partial charge is 0.358 e. The molecule has 0 aliphatic carbocycles. The molecule has 0 bridgehead atoms. The van der Waals surface area contributed by atoms with Crippen LogP contribution in [0.3, 0.4) is 0 Å². The Morgan fingerprint density at radius 3 is 2.43 bits per heavy atom. The summed E-state index contributed by atoms with van der Waals surface area (Å²) in [6, 6.07) is 24.4. The SMILES string of the molecule is Cc1[nH]c2ccccc2c1C(c1ccc[nH+]c1)[NH+]1CC[NH+](Cc2ccccc2)CC1. The number of hydrogen-bond acceptors (Lipinski definition) is 0. The van der Waals surface area contributed by atoms with Crippen LogP contribution in [0.5, 0.6) is 0 Å². The number of aromatic amines is 2. The van der Waals surface area contributed by atoms with E-state index in [1.54, 1.807) is 9.80 Å². The van der Waals surface area contributed by atoms with E-state index < -0.39 is 0 Å². The number of quaternary nitrogens is 2. The summed E-state index contributed by atoms with van der Waals surface area (Å²) in [5.41, 5.74) is 6.79. The highest BCUT2D eigenvalue weighted by Gasteiger charge is 2.35. The van der Waals surface area contributed by atoms with Crippen molar-refractivity contribution < 1.29 is 14.8 Å². The van der Waals surface area contributed by atoms with Crippen LogP contribution in [-0.4, -0.2) is 31.2 Å². The molecule has 0 amide bonds. The van der Waals surface area contributed by atoms with Crippen molar-refractivity contribution >= 4 is 10.9 Å². The lowest BCUT2D eigenvalue weighted by molar-refractivity contribution is -1.03. The second-order valence-corrected chi connectivity index (χ2v) is 8.55. The van der Waals surface area contributed by atoms with Crippen molar-refractivity contribution in [3.63, 3.8) is 0 Å². The van der Waals surface area contributed by atoms with Gasteiger partial charge in [0.25, 0.3) is 0 Å². The molecule has 2 aromatic heterocycles. The highest BCUT2D eigenvalue weighted by Crippen LogP contribution is 2.29. The van der Waals surface area contributed by atoms with Crippen LogP contribution >= 0.6 is 0 Å². The van der Waals surface area contributed by atoms with Gasteiger partial charge in [0, 0.05) is 33.8 Å². The lowest BCUT2D eigenvalue weighted by Crippen LogP contribution is -3.27. The molecule has 3 heterocycles. The van der Waals surface area contributed by atoms with Gasteiger partial charge in [-0.05, 0) is 19.1 Å². The van der Waals surface area contributed by atoms with Crippen LogP contribution in [0.4, 0.5) is 0 Å². The number of fused-ring (bicyclic) bond motifs is 1. The smallest absolute Gasteiger partial charge is 0.176 e. The zero-order valence-electron chi connectivity index (χ0n) is 17.6. The van der Waals surface area contributed by atoms with Crippen LogP contribution in [0, 0.1) is 6.92 Å². The molecule has 4 aromatic rings. The maximum atomic E-state index is 3.63. The number of benzene rings is 2. The Labute approximate surface area is 178 Å². The lowest BCUT2D eigenvalue weighted by Gasteiger charge is -2.34. The Kier molecular flexibility index (Phi) is 5.35. The van der Waals surface area contributed by atoms with E-state index in [0.717, 1.165) is 6.54 Å². The van der Waals surface area contributed by atoms with Crippen molar-refractivity contribution in [3.8, 4) is 0 Å². The predicted molar refractivity (Wildman–Crippen MR) is 119 cm³/mol. The zero-order chi connectivity index (χ0) is 20.3. The van der Waals surface area contributed by atoms with Gasteiger partial charge in [-0.2, -0.15) is 0 Å². The number of para-hydroxylation sites is 1. The first-order valence-electron chi connectivity index (χ1n) is 11.0. The minimum absolute atomic E-state index is 0.344. The number of H-pyrrole nitrogens is 2. The lowest BCUT2D eigenvalue weighted by atomic mass is 9.95. The fourth-order valence-electron chi connectivity index (χ4n) is 5.14. The van der Waals surface area contributed by atoms with Gasteiger partial charge >= 0.3 is 0 Å². The molecule has 1 aliphatic rings. The van der Waals surface area contributed by atoms with Crippen LogP contribution in [0.25, 0.3) is 10.9 Å². The summed E-state index contributed by atoms with van der Waals surface area (Å²) in [5.74, 6) is 0. The van der Waals surface area contributed by atoms with Crippen molar-refractivity contribution in [2.45, 2.75) is 19.5 Å². The molecule has 0 radical (unpaired) electrons. The molecule has 1 atom stereocenters. The number of pyridine rings is 1. The Hall–Kier alpha value is -2.95. The van der Waals surface area contributed by atoms with E-state index in [2.05, 4.69) is 89.8 Å². The predicted octanol–water partition coefficient (Wildman–Crippen LogP) is 1.36. The highest BCUT2D eigenvalue weighted by atomic mass is 15.3. The minimum atomic E-state index is 0.344. The van der Waals surface area contributed by atoms with E-state index in [9.17, 15) is 0 Å². The summed E-state index contributed by atoms with van der Waals surface area (Å²) in [5, 5.41) is 1.36. The van der Waals surface area contributed by atoms with Gasteiger partial charge in [-0.25, -0.2) is 4.98 Å². The summed E-state index contributed by atoms with van der Waals surface area (Å²) in [6.07, 6.45) is 4.18. The summed E-state index contributed by atoms with van der Waals surface area (Å²) >= 11 is 0. The van der Waals surface area contributed by atoms with E-state index in [1.807, 2.05) is 6.20 Å². The number of nitrogens with one attached hydrogen (secondary N) is 4. The Balaban J connectivity index is 1.43. The van der Waals surface area contributed by atoms with Crippen LogP contribution in [0.15, 0.2) is 79.1 Å². The minimum Gasteiger partial charge on any atom is -0.358 e. The molecule has 30 heavy (non-hydrogen) atoms. The first-order chi connectivity index (χ1) is 14.8. The van der Waals surface area contributed by atoms with Gasteiger partial charge < -0.3 is 14.8 Å². The molecule has 1 unspecified atom stereocenters. The molecular weight excluding hydrogens is 368 g/mol. The molecule has 152 valence electrons. The number of aryl methyl sites for hydroxylation is 1. The van der Waals surface area contributed by atoms with E-state index in [-0.39, 0.29) is 0 Å². The quantitative estimate of drug-likeness (QED) is 0.454. The average Bonchev–Trinajstić information content (AvgIpc) is 3.12. The first-order valence-corrected chi connectivity index (χ1v) is 11.0. The first kappa shape index (κ1) is 19.0. The topological polar surface area (TPSA) is 38.8 Å². The number of rotatable bonds is 5. The standard InChI is InChI=1S/C26H28N4/c1-20-25(23-11-5-6-12-24(23)28-20)26(22-10-7-13-27-18-22)30-16-14-29(15-17-30)19-21-8-3-2-4-9-21/h2-13,18,26,28H,14-17,19H2,1H3/p+3. The molecular formula is C26H31N4+3. The normalized spacial score (nSPS) is 20.3. The molecule has 1 saturated heterocycles. The van der Waals surface area contributed by atoms with Gasteiger partial charge in [0.05, 0.1) is 5.56 Å². The van der Waals surface area contributed by atoms with Gasteiger partial charge in [-0.15, -0.1) is 0 Å². The van der Waals surface area contributed by atoms with Crippen LogP contribution in [-0.2, 0) is 6.54 Å². The Morgan fingerprint density at radius 2 is 1.67 bits per heavy atom. The molecule has 1 aliphatic heterocycles. The Bertz CT molecular complexity index is 1100. The third kappa shape index (κ3) is 3.76. The fraction of sp³-hybridized carbons (Fsp3) is 0.269. The van der Waals surface area contributed by atoms with Crippen molar-refractivity contribution in [1.29, 1.82) is 0 Å². The molecule has 0 spiro atoms. The molecule has 0 saturated carbocycles. The maximum Gasteiger partial charge on any atom is 0.176 e. The third-order valence-electron chi connectivity index (χ3n) is 6.60. The van der Waals surface area contributed by atoms with Crippen LogP contribution in [0.2, 0.25) is 0 Å². The molecule has 5 rings (SSSR count). The average molecular weight is 400 g/mol. The second-order valence-electron chi connectivity index (χ2n) is 8.55. The van der Waals surface area contributed by atoms with E-state index in [4.69, 9.17) is 0 Å². The molecule has 1 fully saturated rings.